The second-order valence-electron chi connectivity index (χ2n) is 5.51. The molecule has 11 nitrogen and oxygen atoms in total. The van der Waals surface area contributed by atoms with Gasteiger partial charge in [-0.2, -0.15) is 0 Å². The molecule has 0 aliphatic carbocycles. The Bertz CT molecular complexity index is 354. The molecule has 1 rings (SSSR count). The molecular weight excluding hydrogens is 320 g/mol. The van der Waals surface area contributed by atoms with E-state index in [0.717, 1.165) is 0 Å². The van der Waals surface area contributed by atoms with E-state index in [4.69, 9.17) is 14.9 Å². The van der Waals surface area contributed by atoms with E-state index in [0.29, 0.717) is 0 Å². The van der Waals surface area contributed by atoms with E-state index in [9.17, 15) is 40.9 Å². The van der Waals surface area contributed by atoms with Gasteiger partial charge in [0.2, 0.25) is 0 Å². The first-order valence-corrected chi connectivity index (χ1v) is 6.99. The molecule has 23 heavy (non-hydrogen) atoms. The Morgan fingerprint density at radius 2 is 1.30 bits per heavy atom. The summed E-state index contributed by atoms with van der Waals surface area (Å²) in [6.07, 6.45) is -18.4. The lowest BCUT2D eigenvalue weighted by Crippen LogP contribution is -2.64. The Morgan fingerprint density at radius 3 is 1.78 bits per heavy atom. The van der Waals surface area contributed by atoms with Crippen molar-refractivity contribution in [1.82, 2.24) is 0 Å². The van der Waals surface area contributed by atoms with Crippen molar-refractivity contribution in [2.24, 2.45) is 0 Å². The maximum absolute atomic E-state index is 9.98. The van der Waals surface area contributed by atoms with E-state index in [1.807, 2.05) is 0 Å². The fourth-order valence-electron chi connectivity index (χ4n) is 2.35. The van der Waals surface area contributed by atoms with Crippen molar-refractivity contribution in [2.75, 3.05) is 13.2 Å². The van der Waals surface area contributed by atoms with Crippen LogP contribution in [-0.4, -0.2) is 125 Å². The van der Waals surface area contributed by atoms with E-state index >= 15 is 0 Å². The standard InChI is InChI=1S/C12H24O11/c13-1-3(15)5(16)7(18)9(20)11(22)12-10(21)8(19)6(17)4(2-14)23-12/h3-22H,1-2H2/t3-,4-,5-,6-,7+,8+,9-,10-,11?,12?/m1/s1. The lowest BCUT2D eigenvalue weighted by Gasteiger charge is -2.43. The molecule has 0 amide bonds. The van der Waals surface area contributed by atoms with Crippen LogP contribution in [-0.2, 0) is 4.74 Å². The van der Waals surface area contributed by atoms with Crippen molar-refractivity contribution in [3.8, 4) is 0 Å². The molecule has 10 atom stereocenters. The lowest BCUT2D eigenvalue weighted by molar-refractivity contribution is -0.264. The zero-order valence-corrected chi connectivity index (χ0v) is 12.1. The second kappa shape index (κ2) is 8.60. The quantitative estimate of drug-likeness (QED) is 0.210. The Hall–Kier alpha value is -0.440. The van der Waals surface area contributed by atoms with Gasteiger partial charge in [-0.3, -0.25) is 0 Å². The molecular formula is C12H24O11. The van der Waals surface area contributed by atoms with Gasteiger partial charge in [0, 0.05) is 0 Å². The largest absolute Gasteiger partial charge is 0.394 e. The second-order valence-corrected chi connectivity index (χ2v) is 5.51. The molecule has 0 aromatic carbocycles. The van der Waals surface area contributed by atoms with Gasteiger partial charge in [-0.1, -0.05) is 0 Å². The zero-order valence-electron chi connectivity index (χ0n) is 12.1. The summed E-state index contributed by atoms with van der Waals surface area (Å²) in [5.41, 5.74) is 0. The first kappa shape index (κ1) is 20.6. The van der Waals surface area contributed by atoms with Crippen molar-refractivity contribution in [3.05, 3.63) is 0 Å². The molecule has 1 aliphatic rings. The van der Waals surface area contributed by atoms with Crippen LogP contribution in [0.1, 0.15) is 0 Å². The molecule has 1 heterocycles. The van der Waals surface area contributed by atoms with Crippen molar-refractivity contribution >= 4 is 0 Å². The highest BCUT2D eigenvalue weighted by Crippen LogP contribution is 2.25. The highest BCUT2D eigenvalue weighted by Gasteiger charge is 2.49. The van der Waals surface area contributed by atoms with Crippen molar-refractivity contribution in [1.29, 1.82) is 0 Å². The number of aliphatic hydroxyl groups excluding tert-OH is 10. The molecule has 0 aromatic rings. The molecule has 10 N–H and O–H groups in total. The van der Waals surface area contributed by atoms with Crippen LogP contribution < -0.4 is 0 Å². The highest BCUT2D eigenvalue weighted by molar-refractivity contribution is 4.98. The molecule has 0 radical (unpaired) electrons. The van der Waals surface area contributed by atoms with Gasteiger partial charge >= 0.3 is 0 Å². The number of aliphatic hydroxyl groups is 10. The average Bonchev–Trinajstić information content (AvgIpc) is 2.56. The maximum atomic E-state index is 9.98. The summed E-state index contributed by atoms with van der Waals surface area (Å²) >= 11 is 0. The van der Waals surface area contributed by atoms with Gasteiger partial charge in [-0.05, 0) is 0 Å². The summed E-state index contributed by atoms with van der Waals surface area (Å²) in [6.45, 7) is -1.67. The van der Waals surface area contributed by atoms with Crippen LogP contribution >= 0.6 is 0 Å². The third-order valence-electron chi connectivity index (χ3n) is 3.90. The van der Waals surface area contributed by atoms with Crippen LogP contribution in [0.2, 0.25) is 0 Å². The van der Waals surface area contributed by atoms with Crippen molar-refractivity contribution in [2.45, 2.75) is 61.0 Å². The number of ether oxygens (including phenoxy) is 1. The fourth-order valence-corrected chi connectivity index (χ4v) is 2.35. The Labute approximate surface area is 131 Å². The Kier molecular flexibility index (Phi) is 7.70. The molecule has 138 valence electrons. The summed E-state index contributed by atoms with van der Waals surface area (Å²) in [5, 5.41) is 94.9. The van der Waals surface area contributed by atoms with Crippen LogP contribution in [0.15, 0.2) is 0 Å². The molecule has 0 aromatic heterocycles. The molecule has 0 saturated carbocycles. The van der Waals surface area contributed by atoms with Crippen LogP contribution in [0.4, 0.5) is 0 Å². The first-order valence-electron chi connectivity index (χ1n) is 6.99. The third-order valence-corrected chi connectivity index (χ3v) is 3.90. The van der Waals surface area contributed by atoms with Gasteiger partial charge in [0.05, 0.1) is 13.2 Å². The predicted molar refractivity (Wildman–Crippen MR) is 70.9 cm³/mol. The third kappa shape index (κ3) is 4.35. The zero-order chi connectivity index (χ0) is 17.9. The molecule has 0 bridgehead atoms. The number of hydrogen-bond donors (Lipinski definition) is 10. The molecule has 0 spiro atoms. The molecule has 11 heteroatoms. The van der Waals surface area contributed by atoms with Gasteiger partial charge in [-0.15, -0.1) is 0 Å². The Morgan fingerprint density at radius 1 is 0.739 bits per heavy atom. The molecule has 1 aliphatic heterocycles. The number of hydrogen-bond acceptors (Lipinski definition) is 11. The fraction of sp³-hybridized carbons (Fsp3) is 1.00. The van der Waals surface area contributed by atoms with Gasteiger partial charge in [0.15, 0.2) is 0 Å². The monoisotopic (exact) mass is 344 g/mol. The SMILES string of the molecule is OC[C@@H](O)[C@@H](O)[C@H](O)[C@@H](O)C(O)C1O[C@H](CO)[C@@H](O)[C@H](O)[C@H]1O. The van der Waals surface area contributed by atoms with E-state index in [1.165, 1.54) is 0 Å². The van der Waals surface area contributed by atoms with Gasteiger partial charge in [-0.25, -0.2) is 0 Å². The first-order chi connectivity index (χ1) is 10.7. The van der Waals surface area contributed by atoms with Crippen molar-refractivity contribution < 1.29 is 55.8 Å². The van der Waals surface area contributed by atoms with Crippen LogP contribution in [0.3, 0.4) is 0 Å². The van der Waals surface area contributed by atoms with Gasteiger partial charge in [0.1, 0.15) is 61.0 Å². The minimum absolute atomic E-state index is 0.751. The summed E-state index contributed by atoms with van der Waals surface area (Å²) in [7, 11) is 0. The van der Waals surface area contributed by atoms with E-state index < -0.39 is 74.3 Å². The molecule has 1 fully saturated rings. The van der Waals surface area contributed by atoms with Crippen LogP contribution in [0, 0.1) is 0 Å². The average molecular weight is 344 g/mol. The molecule has 1 saturated heterocycles. The van der Waals surface area contributed by atoms with Crippen LogP contribution in [0.25, 0.3) is 0 Å². The van der Waals surface area contributed by atoms with Gasteiger partial charge in [0.25, 0.3) is 0 Å². The van der Waals surface area contributed by atoms with Gasteiger partial charge < -0.3 is 55.8 Å². The maximum Gasteiger partial charge on any atom is 0.115 e. The Balaban J connectivity index is 2.83. The predicted octanol–water partition coefficient (Wildman–Crippen LogP) is -6.37. The van der Waals surface area contributed by atoms with E-state index in [2.05, 4.69) is 0 Å². The summed E-state index contributed by atoms with van der Waals surface area (Å²) in [4.78, 5) is 0. The summed E-state index contributed by atoms with van der Waals surface area (Å²) < 4.78 is 5.01. The van der Waals surface area contributed by atoms with E-state index in [-0.39, 0.29) is 0 Å². The highest BCUT2D eigenvalue weighted by atomic mass is 16.6. The lowest BCUT2D eigenvalue weighted by atomic mass is 9.88. The summed E-state index contributed by atoms with van der Waals surface area (Å²) in [5.74, 6) is 0. The topological polar surface area (TPSA) is 212 Å². The molecule has 2 unspecified atom stereocenters. The summed E-state index contributed by atoms with van der Waals surface area (Å²) in [6, 6.07) is 0. The minimum atomic E-state index is -2.13. The van der Waals surface area contributed by atoms with E-state index in [1.54, 1.807) is 0 Å². The number of rotatable bonds is 7. The smallest absolute Gasteiger partial charge is 0.115 e. The van der Waals surface area contributed by atoms with Crippen LogP contribution in [0.5, 0.6) is 0 Å². The normalized spacial score (nSPS) is 38.6. The van der Waals surface area contributed by atoms with Crippen molar-refractivity contribution in [3.63, 3.8) is 0 Å². The minimum Gasteiger partial charge on any atom is -0.394 e.